The topological polar surface area (TPSA) is 97.4 Å². The average Bonchev–Trinajstić information content (AvgIpc) is 2.61. The van der Waals surface area contributed by atoms with Gasteiger partial charge in [0.05, 0.1) is 5.02 Å². The summed E-state index contributed by atoms with van der Waals surface area (Å²) in [6.45, 7) is 0.736. The molecule has 0 aliphatic heterocycles. The lowest BCUT2D eigenvalue weighted by Gasteiger charge is -2.09. The van der Waals surface area contributed by atoms with Crippen molar-refractivity contribution >= 4 is 41.3 Å². The Morgan fingerprint density at radius 2 is 1.88 bits per heavy atom. The molecule has 2 amide bonds. The molecule has 2 aromatic rings. The van der Waals surface area contributed by atoms with Gasteiger partial charge in [-0.25, -0.2) is 9.78 Å². The van der Waals surface area contributed by atoms with E-state index in [1.165, 1.54) is 25.3 Å². The number of anilines is 1. The number of hydrogen-bond acceptors (Lipinski definition) is 5. The maximum absolute atomic E-state index is 12.2. The summed E-state index contributed by atoms with van der Waals surface area (Å²) in [7, 11) is 0. The first kappa shape index (κ1) is 19.1. The number of halogens is 1. The minimum absolute atomic E-state index is 0.0684. The fourth-order valence-electron chi connectivity index (χ4n) is 1.89. The van der Waals surface area contributed by atoms with Crippen LogP contribution in [0.15, 0.2) is 54.4 Å². The molecule has 0 aliphatic rings. The Labute approximate surface area is 155 Å². The molecule has 0 bridgehead atoms. The van der Waals surface area contributed by atoms with Crippen molar-refractivity contribution in [3.8, 4) is 0 Å². The number of amides is 2. The highest BCUT2D eigenvalue weighted by Gasteiger charge is 2.15. The third-order valence-corrected chi connectivity index (χ3v) is 3.19. The van der Waals surface area contributed by atoms with Crippen molar-refractivity contribution in [2.24, 2.45) is 0 Å². The fraction of sp³-hybridized carbons (Fsp3) is 0.111. The van der Waals surface area contributed by atoms with E-state index in [-0.39, 0.29) is 11.5 Å². The minimum atomic E-state index is -0.830. The van der Waals surface area contributed by atoms with Gasteiger partial charge in [0.15, 0.2) is 6.61 Å². The number of hydrogen-bond donors (Lipinski definition) is 2. The van der Waals surface area contributed by atoms with E-state index in [4.69, 9.17) is 16.3 Å². The summed E-state index contributed by atoms with van der Waals surface area (Å²) in [6, 6.07) is 12.0. The molecule has 0 aliphatic carbocycles. The van der Waals surface area contributed by atoms with Gasteiger partial charge in [-0.2, -0.15) is 0 Å². The molecular weight excluding hydrogens is 358 g/mol. The van der Waals surface area contributed by atoms with E-state index < -0.39 is 24.4 Å². The summed E-state index contributed by atoms with van der Waals surface area (Å²) >= 11 is 5.71. The lowest BCUT2D eigenvalue weighted by Crippen LogP contribution is -2.29. The molecule has 1 aromatic carbocycles. The van der Waals surface area contributed by atoms with Gasteiger partial charge < -0.3 is 15.4 Å². The molecule has 2 rings (SSSR count). The Hall–Kier alpha value is -3.19. The van der Waals surface area contributed by atoms with Crippen LogP contribution in [-0.2, 0) is 19.1 Å². The molecule has 8 heteroatoms. The third-order valence-electron chi connectivity index (χ3n) is 2.97. The molecule has 7 nitrogen and oxygen atoms in total. The molecule has 1 heterocycles. The van der Waals surface area contributed by atoms with Gasteiger partial charge in [0.25, 0.3) is 5.91 Å². The molecule has 0 fully saturated rings. The summed E-state index contributed by atoms with van der Waals surface area (Å²) in [5.41, 5.74) is 0.629. The number of carbonyl (C=O) groups excluding carboxylic acids is 3. The van der Waals surface area contributed by atoms with Gasteiger partial charge in [0, 0.05) is 13.1 Å². The highest BCUT2D eigenvalue weighted by Crippen LogP contribution is 2.10. The van der Waals surface area contributed by atoms with Crippen molar-refractivity contribution in [3.63, 3.8) is 0 Å². The zero-order chi connectivity index (χ0) is 18.9. The number of pyridine rings is 1. The average molecular weight is 374 g/mol. The number of aromatic nitrogens is 1. The predicted molar refractivity (Wildman–Crippen MR) is 97.1 cm³/mol. The summed E-state index contributed by atoms with van der Waals surface area (Å²) < 4.78 is 4.95. The predicted octanol–water partition coefficient (Wildman–Crippen LogP) is 2.39. The third kappa shape index (κ3) is 6.37. The molecule has 0 spiro atoms. The minimum Gasteiger partial charge on any atom is -0.451 e. The normalized spacial score (nSPS) is 10.8. The van der Waals surface area contributed by atoms with Gasteiger partial charge in [0.2, 0.25) is 5.91 Å². The maximum Gasteiger partial charge on any atom is 0.355 e. The van der Waals surface area contributed by atoms with Crippen LogP contribution in [0.25, 0.3) is 6.08 Å². The number of carbonyl (C=O) groups is 3. The fourth-order valence-corrected chi connectivity index (χ4v) is 2.00. The second-order valence-electron chi connectivity index (χ2n) is 5.14. The van der Waals surface area contributed by atoms with Crippen molar-refractivity contribution in [2.75, 3.05) is 11.9 Å². The smallest absolute Gasteiger partial charge is 0.355 e. The van der Waals surface area contributed by atoms with E-state index in [0.717, 1.165) is 0 Å². The Bertz CT molecular complexity index is 820. The molecule has 0 atom stereocenters. The maximum atomic E-state index is 12.2. The number of esters is 1. The molecule has 134 valence electrons. The number of nitrogens with zero attached hydrogens (tertiary/aromatic N) is 1. The summed E-state index contributed by atoms with van der Waals surface area (Å²) in [5, 5.41) is 5.29. The Kier molecular flexibility index (Phi) is 6.87. The monoisotopic (exact) mass is 373 g/mol. The first-order chi connectivity index (χ1) is 12.4. The van der Waals surface area contributed by atoms with E-state index in [1.54, 1.807) is 30.3 Å². The van der Waals surface area contributed by atoms with E-state index in [1.807, 2.05) is 6.07 Å². The van der Waals surface area contributed by atoms with Gasteiger partial charge in [0.1, 0.15) is 11.5 Å². The molecule has 0 radical (unpaired) electrons. The highest BCUT2D eigenvalue weighted by molar-refractivity contribution is 6.30. The van der Waals surface area contributed by atoms with Gasteiger partial charge in [-0.3, -0.25) is 9.59 Å². The number of ether oxygens (including phenoxy) is 1. The van der Waals surface area contributed by atoms with Crippen LogP contribution in [0.1, 0.15) is 12.5 Å². The van der Waals surface area contributed by atoms with Crippen LogP contribution in [0, 0.1) is 0 Å². The van der Waals surface area contributed by atoms with E-state index in [2.05, 4.69) is 15.6 Å². The molecule has 1 aromatic heterocycles. The number of benzene rings is 1. The van der Waals surface area contributed by atoms with Crippen LogP contribution in [-0.4, -0.2) is 29.4 Å². The van der Waals surface area contributed by atoms with Crippen molar-refractivity contribution in [3.05, 3.63) is 64.9 Å². The van der Waals surface area contributed by atoms with E-state index in [0.29, 0.717) is 10.6 Å². The second-order valence-corrected chi connectivity index (χ2v) is 5.57. The zero-order valence-corrected chi connectivity index (χ0v) is 14.6. The Morgan fingerprint density at radius 3 is 2.50 bits per heavy atom. The van der Waals surface area contributed by atoms with Gasteiger partial charge in [-0.1, -0.05) is 41.9 Å². The van der Waals surface area contributed by atoms with Gasteiger partial charge >= 0.3 is 5.97 Å². The standard InChI is InChI=1S/C18H16ClN3O4/c1-12(23)21-15(9-13-5-3-2-4-6-13)18(25)26-11-17(24)22-16-8-7-14(19)10-20-16/h2-10H,11H2,1H3,(H,21,23)(H,20,22,24)/b15-9-. The molecule has 0 saturated carbocycles. The van der Waals surface area contributed by atoms with E-state index >= 15 is 0 Å². The summed E-state index contributed by atoms with van der Waals surface area (Å²) in [4.78, 5) is 39.2. The Balaban J connectivity index is 1.98. The number of rotatable bonds is 6. The highest BCUT2D eigenvalue weighted by atomic mass is 35.5. The zero-order valence-electron chi connectivity index (χ0n) is 13.9. The molecule has 0 unspecified atom stereocenters. The Morgan fingerprint density at radius 1 is 1.15 bits per heavy atom. The first-order valence-corrected chi connectivity index (χ1v) is 7.94. The van der Waals surface area contributed by atoms with Crippen molar-refractivity contribution in [1.29, 1.82) is 0 Å². The summed E-state index contributed by atoms with van der Waals surface area (Å²) in [5.74, 6) is -1.56. The quantitative estimate of drug-likeness (QED) is 0.598. The lowest BCUT2D eigenvalue weighted by molar-refractivity contribution is -0.144. The van der Waals surface area contributed by atoms with Crippen LogP contribution in [0.5, 0.6) is 0 Å². The van der Waals surface area contributed by atoms with Crippen molar-refractivity contribution in [1.82, 2.24) is 10.3 Å². The van der Waals surface area contributed by atoms with Crippen LogP contribution in [0.4, 0.5) is 5.82 Å². The van der Waals surface area contributed by atoms with E-state index in [9.17, 15) is 14.4 Å². The first-order valence-electron chi connectivity index (χ1n) is 7.57. The van der Waals surface area contributed by atoms with Gasteiger partial charge in [-0.15, -0.1) is 0 Å². The van der Waals surface area contributed by atoms with Crippen molar-refractivity contribution < 1.29 is 19.1 Å². The lowest BCUT2D eigenvalue weighted by atomic mass is 10.2. The molecule has 0 saturated heterocycles. The number of nitrogens with one attached hydrogen (secondary N) is 2. The van der Waals surface area contributed by atoms with Crippen LogP contribution in [0.3, 0.4) is 0 Å². The molecule has 2 N–H and O–H groups in total. The second kappa shape index (κ2) is 9.33. The van der Waals surface area contributed by atoms with Crippen molar-refractivity contribution in [2.45, 2.75) is 6.92 Å². The largest absolute Gasteiger partial charge is 0.451 e. The summed E-state index contributed by atoms with van der Waals surface area (Å²) in [6.07, 6.45) is 2.84. The van der Waals surface area contributed by atoms with Gasteiger partial charge in [-0.05, 0) is 23.8 Å². The molecular formula is C18H16ClN3O4. The van der Waals surface area contributed by atoms with Crippen LogP contribution >= 0.6 is 11.6 Å². The SMILES string of the molecule is CC(=O)N/C(=C\c1ccccc1)C(=O)OCC(=O)Nc1ccc(Cl)cn1. The van der Waals surface area contributed by atoms with Crippen LogP contribution in [0.2, 0.25) is 5.02 Å². The molecule has 26 heavy (non-hydrogen) atoms. The van der Waals surface area contributed by atoms with Crippen LogP contribution < -0.4 is 10.6 Å².